The van der Waals surface area contributed by atoms with Gasteiger partial charge in [0.15, 0.2) is 0 Å². The molecule has 0 saturated carbocycles. The van der Waals surface area contributed by atoms with Crippen LogP contribution in [-0.2, 0) is 14.8 Å². The number of fused-ring (bicyclic) bond motifs is 1. The molecule has 30 heavy (non-hydrogen) atoms. The summed E-state index contributed by atoms with van der Waals surface area (Å²) in [6.07, 6.45) is 0.948. The fourth-order valence-corrected chi connectivity index (χ4v) is 5.78. The van der Waals surface area contributed by atoms with Crippen LogP contribution in [0.2, 0.25) is 5.02 Å². The van der Waals surface area contributed by atoms with Crippen molar-refractivity contribution in [2.24, 2.45) is 5.92 Å². The molecule has 0 aromatic heterocycles. The van der Waals surface area contributed by atoms with Crippen molar-refractivity contribution in [1.82, 2.24) is 14.1 Å². The molecule has 0 aliphatic carbocycles. The minimum atomic E-state index is -3.75. The molecule has 2 aliphatic heterocycles. The highest BCUT2D eigenvalue weighted by atomic mass is 35.5. The van der Waals surface area contributed by atoms with E-state index in [9.17, 15) is 13.2 Å². The van der Waals surface area contributed by atoms with E-state index in [4.69, 9.17) is 17.0 Å². The van der Waals surface area contributed by atoms with Crippen molar-refractivity contribution in [2.45, 2.75) is 18.2 Å². The smallest absolute Gasteiger partial charge is 0.243 e. The van der Waals surface area contributed by atoms with Gasteiger partial charge >= 0.3 is 0 Å². The summed E-state index contributed by atoms with van der Waals surface area (Å²) in [5, 5.41) is 10.0. The first-order chi connectivity index (χ1) is 14.2. The third kappa shape index (κ3) is 4.17. The third-order valence-corrected chi connectivity index (χ3v) is 8.01. The molecule has 1 N–H and O–H groups in total. The SMILES string of the molecule is CC(=N)N1CCC(CN2CCN(S(=O)(=O)c3ccc4cc(Cl)ccc4c3)CC2=O)C1. The van der Waals surface area contributed by atoms with Gasteiger partial charge in [0.2, 0.25) is 15.9 Å². The summed E-state index contributed by atoms with van der Waals surface area (Å²) in [4.78, 5) is 16.7. The molecule has 0 bridgehead atoms. The Hall–Kier alpha value is -2.16. The Labute approximate surface area is 181 Å². The topological polar surface area (TPSA) is 84.8 Å². The predicted octanol–water partition coefficient (Wildman–Crippen LogP) is 2.65. The van der Waals surface area contributed by atoms with Gasteiger partial charge in [0.25, 0.3) is 0 Å². The molecule has 2 saturated heterocycles. The van der Waals surface area contributed by atoms with Gasteiger partial charge in [0.1, 0.15) is 0 Å². The molecule has 2 aromatic rings. The first-order valence-corrected chi connectivity index (χ1v) is 11.8. The summed E-state index contributed by atoms with van der Waals surface area (Å²) < 4.78 is 27.5. The number of amides is 1. The Morgan fingerprint density at radius 2 is 1.87 bits per heavy atom. The zero-order chi connectivity index (χ0) is 21.5. The number of likely N-dealkylation sites (tertiary alicyclic amines) is 1. The lowest BCUT2D eigenvalue weighted by Gasteiger charge is -2.35. The van der Waals surface area contributed by atoms with E-state index in [0.717, 1.165) is 30.3 Å². The molecule has 0 spiro atoms. The van der Waals surface area contributed by atoms with Gasteiger partial charge in [-0.1, -0.05) is 23.7 Å². The lowest BCUT2D eigenvalue weighted by Crippen LogP contribution is -2.53. The van der Waals surface area contributed by atoms with Gasteiger partial charge in [-0.25, -0.2) is 8.42 Å². The molecule has 1 amide bonds. The quantitative estimate of drug-likeness (QED) is 0.575. The molecule has 2 fully saturated rings. The molecule has 9 heteroatoms. The van der Waals surface area contributed by atoms with Gasteiger partial charge in [-0.05, 0) is 54.3 Å². The number of nitrogens with zero attached hydrogens (tertiary/aromatic N) is 3. The number of nitrogens with one attached hydrogen (secondary N) is 1. The normalized spacial score (nSPS) is 20.9. The van der Waals surface area contributed by atoms with Crippen LogP contribution in [0.3, 0.4) is 0 Å². The summed E-state index contributed by atoms with van der Waals surface area (Å²) in [7, 11) is -3.75. The first-order valence-electron chi connectivity index (χ1n) is 10.0. The third-order valence-electron chi connectivity index (χ3n) is 5.93. The molecular weight excluding hydrogens is 424 g/mol. The van der Waals surface area contributed by atoms with Crippen LogP contribution < -0.4 is 0 Å². The van der Waals surface area contributed by atoms with Crippen LogP contribution >= 0.6 is 11.6 Å². The number of hydrogen-bond acceptors (Lipinski definition) is 4. The summed E-state index contributed by atoms with van der Waals surface area (Å²) in [5.74, 6) is 0.713. The molecule has 2 aliphatic rings. The lowest BCUT2D eigenvalue weighted by molar-refractivity contribution is -0.134. The zero-order valence-electron chi connectivity index (χ0n) is 16.8. The minimum absolute atomic E-state index is 0.138. The van der Waals surface area contributed by atoms with Crippen molar-refractivity contribution in [3.05, 3.63) is 41.4 Å². The number of piperazine rings is 1. The van der Waals surface area contributed by atoms with Gasteiger partial charge < -0.3 is 9.80 Å². The lowest BCUT2D eigenvalue weighted by atomic mass is 10.1. The summed E-state index contributed by atoms with van der Waals surface area (Å²) in [6.45, 7) is 4.55. The number of hydrogen-bond donors (Lipinski definition) is 1. The minimum Gasteiger partial charge on any atom is -0.360 e. The maximum Gasteiger partial charge on any atom is 0.243 e. The molecular formula is C21H25ClN4O3S. The van der Waals surface area contributed by atoms with Gasteiger partial charge in [0.05, 0.1) is 17.3 Å². The maximum absolute atomic E-state index is 13.1. The molecule has 2 aromatic carbocycles. The number of sulfonamides is 1. The van der Waals surface area contributed by atoms with E-state index in [0.29, 0.717) is 29.9 Å². The molecule has 7 nitrogen and oxygen atoms in total. The van der Waals surface area contributed by atoms with Gasteiger partial charge in [0, 0.05) is 37.7 Å². The molecule has 0 radical (unpaired) electrons. The van der Waals surface area contributed by atoms with Crippen LogP contribution in [0.25, 0.3) is 10.8 Å². The first kappa shape index (κ1) is 21.1. The largest absolute Gasteiger partial charge is 0.360 e. The molecule has 1 unspecified atom stereocenters. The van der Waals surface area contributed by atoms with E-state index >= 15 is 0 Å². The number of benzene rings is 2. The van der Waals surface area contributed by atoms with Crippen molar-refractivity contribution < 1.29 is 13.2 Å². The zero-order valence-corrected chi connectivity index (χ0v) is 18.4. The maximum atomic E-state index is 13.1. The summed E-state index contributed by atoms with van der Waals surface area (Å²) in [6, 6.07) is 10.2. The Kier molecular flexibility index (Phi) is 5.74. The van der Waals surface area contributed by atoms with Crippen LogP contribution in [0.5, 0.6) is 0 Å². The summed E-state index contributed by atoms with van der Waals surface area (Å²) >= 11 is 6.00. The molecule has 4 rings (SSSR count). The van der Waals surface area contributed by atoms with Crippen LogP contribution in [0.15, 0.2) is 41.3 Å². The second-order valence-electron chi connectivity index (χ2n) is 8.02. The highest BCUT2D eigenvalue weighted by Gasteiger charge is 2.34. The van der Waals surface area contributed by atoms with E-state index in [1.165, 1.54) is 4.31 Å². The monoisotopic (exact) mass is 448 g/mol. The van der Waals surface area contributed by atoms with Crippen molar-refractivity contribution in [3.8, 4) is 0 Å². The highest BCUT2D eigenvalue weighted by Crippen LogP contribution is 2.26. The second-order valence-corrected chi connectivity index (χ2v) is 10.4. The van der Waals surface area contributed by atoms with Gasteiger partial charge in [-0.15, -0.1) is 0 Å². The van der Waals surface area contributed by atoms with E-state index in [2.05, 4.69) is 0 Å². The average Bonchev–Trinajstić information content (AvgIpc) is 3.18. The predicted molar refractivity (Wildman–Crippen MR) is 117 cm³/mol. The van der Waals surface area contributed by atoms with Crippen LogP contribution in [0.1, 0.15) is 13.3 Å². The van der Waals surface area contributed by atoms with Crippen molar-refractivity contribution in [3.63, 3.8) is 0 Å². The van der Waals surface area contributed by atoms with Gasteiger partial charge in [-0.3, -0.25) is 10.2 Å². The van der Waals surface area contributed by atoms with Gasteiger partial charge in [-0.2, -0.15) is 4.31 Å². The average molecular weight is 449 g/mol. The number of carbonyl (C=O) groups excluding carboxylic acids is 1. The fraction of sp³-hybridized carbons (Fsp3) is 0.429. The fourth-order valence-electron chi connectivity index (χ4n) is 4.19. The Morgan fingerprint density at radius 1 is 1.13 bits per heavy atom. The number of carbonyl (C=O) groups is 1. The Balaban J connectivity index is 1.44. The molecule has 160 valence electrons. The number of halogens is 1. The summed E-state index contributed by atoms with van der Waals surface area (Å²) in [5.41, 5.74) is 0. The van der Waals surface area contributed by atoms with E-state index in [-0.39, 0.29) is 23.9 Å². The molecule has 2 heterocycles. The Morgan fingerprint density at radius 3 is 2.57 bits per heavy atom. The standard InChI is InChI=1S/C21H25ClN4O3S/c1-15(23)24-7-6-16(12-24)13-25-8-9-26(14-21(25)27)30(28,29)20-5-3-17-10-19(22)4-2-18(17)11-20/h2-5,10-11,16,23H,6-9,12-14H2,1H3. The highest BCUT2D eigenvalue weighted by molar-refractivity contribution is 7.89. The van der Waals surface area contributed by atoms with Crippen LogP contribution in [-0.4, -0.2) is 73.5 Å². The van der Waals surface area contributed by atoms with E-state index in [1.54, 1.807) is 48.2 Å². The van der Waals surface area contributed by atoms with Crippen LogP contribution in [0.4, 0.5) is 0 Å². The van der Waals surface area contributed by atoms with Crippen molar-refractivity contribution >= 4 is 44.1 Å². The number of amidine groups is 1. The van der Waals surface area contributed by atoms with E-state index < -0.39 is 10.0 Å². The van der Waals surface area contributed by atoms with Crippen LogP contribution in [0, 0.1) is 11.3 Å². The van der Waals surface area contributed by atoms with E-state index in [1.807, 2.05) is 4.90 Å². The number of rotatable bonds is 4. The van der Waals surface area contributed by atoms with Crippen molar-refractivity contribution in [2.75, 3.05) is 39.3 Å². The van der Waals surface area contributed by atoms with Crippen molar-refractivity contribution in [1.29, 1.82) is 5.41 Å². The Bertz CT molecular complexity index is 1100. The second kappa shape index (κ2) is 8.17. The molecule has 1 atom stereocenters.